The van der Waals surface area contributed by atoms with Crippen molar-refractivity contribution >= 4 is 17.7 Å². The number of carbonyl (C=O) groups excluding carboxylic acids is 3. The number of nitrogens with zero attached hydrogens (tertiary/aromatic N) is 1. The molecule has 1 heterocycles. The quantitative estimate of drug-likeness (QED) is 0.621. The number of likely N-dealkylation sites (N-methyl/N-ethyl adjacent to an activating group) is 1. The summed E-state index contributed by atoms with van der Waals surface area (Å²) in [5.41, 5.74) is 1.11. The number of ether oxygens (including phenoxy) is 1. The standard InChI is InChI=1S/C22H36N4O4/c1-5-7-18-15(2)8-6-11-23-19(27)13-24-20(28)14-26(4)22(29)21(17-9-10-17)25-12-16(3)30-18/h5,7,16-17,21,25H,6,8-14H2,1-4H3,(H,23,27)(H,24,28)/b7-5-,18-15-/t16-,21?/m1/s1. The van der Waals surface area contributed by atoms with Gasteiger partial charge in [-0.05, 0) is 64.0 Å². The fourth-order valence-corrected chi connectivity index (χ4v) is 3.40. The zero-order valence-electron chi connectivity index (χ0n) is 18.6. The lowest BCUT2D eigenvalue weighted by Crippen LogP contribution is -2.51. The average Bonchev–Trinajstić information content (AvgIpc) is 3.53. The lowest BCUT2D eigenvalue weighted by molar-refractivity contribution is -0.137. The summed E-state index contributed by atoms with van der Waals surface area (Å²) in [6.07, 6.45) is 7.36. The van der Waals surface area contributed by atoms with Gasteiger partial charge in [-0.25, -0.2) is 0 Å². The molecule has 0 saturated heterocycles. The van der Waals surface area contributed by atoms with Crippen LogP contribution in [0.3, 0.4) is 0 Å². The maximum Gasteiger partial charge on any atom is 0.240 e. The zero-order chi connectivity index (χ0) is 22.1. The monoisotopic (exact) mass is 420 g/mol. The summed E-state index contributed by atoms with van der Waals surface area (Å²) in [6, 6.07) is -0.328. The Morgan fingerprint density at radius 3 is 2.53 bits per heavy atom. The second-order valence-corrected chi connectivity index (χ2v) is 8.22. The second kappa shape index (κ2) is 11.7. The van der Waals surface area contributed by atoms with Crippen molar-refractivity contribution in [2.45, 2.75) is 58.6 Å². The Balaban J connectivity index is 2.13. The van der Waals surface area contributed by atoms with Crippen LogP contribution in [-0.4, -0.2) is 68.0 Å². The molecule has 0 spiro atoms. The van der Waals surface area contributed by atoms with Gasteiger partial charge in [-0.3, -0.25) is 14.4 Å². The summed E-state index contributed by atoms with van der Waals surface area (Å²) < 4.78 is 6.15. The number of allylic oxidation sites excluding steroid dienone is 3. The molecule has 30 heavy (non-hydrogen) atoms. The van der Waals surface area contributed by atoms with Crippen molar-refractivity contribution in [3.05, 3.63) is 23.5 Å². The van der Waals surface area contributed by atoms with E-state index in [1.807, 2.05) is 32.9 Å². The molecule has 0 aromatic heterocycles. The van der Waals surface area contributed by atoms with Gasteiger partial charge in [0.2, 0.25) is 17.7 Å². The average molecular weight is 421 g/mol. The van der Waals surface area contributed by atoms with Gasteiger partial charge < -0.3 is 25.6 Å². The molecule has 2 rings (SSSR count). The van der Waals surface area contributed by atoms with E-state index in [1.165, 1.54) is 4.90 Å². The van der Waals surface area contributed by atoms with Crippen molar-refractivity contribution in [2.75, 3.05) is 33.2 Å². The zero-order valence-corrected chi connectivity index (χ0v) is 18.6. The van der Waals surface area contributed by atoms with Gasteiger partial charge in [0.1, 0.15) is 11.9 Å². The van der Waals surface area contributed by atoms with Crippen LogP contribution in [0, 0.1) is 5.92 Å². The molecule has 0 bridgehead atoms. The molecule has 1 saturated carbocycles. The highest BCUT2D eigenvalue weighted by Gasteiger charge is 2.37. The molecule has 8 heteroatoms. The van der Waals surface area contributed by atoms with E-state index in [1.54, 1.807) is 7.05 Å². The van der Waals surface area contributed by atoms with Crippen LogP contribution in [0.4, 0.5) is 0 Å². The normalized spacial score (nSPS) is 29.1. The van der Waals surface area contributed by atoms with Gasteiger partial charge in [0, 0.05) is 20.1 Å². The van der Waals surface area contributed by atoms with Gasteiger partial charge in [-0.15, -0.1) is 0 Å². The highest BCUT2D eigenvalue weighted by molar-refractivity contribution is 5.89. The molecule has 3 amide bonds. The molecule has 1 fully saturated rings. The van der Waals surface area contributed by atoms with E-state index in [0.29, 0.717) is 19.0 Å². The lowest BCUT2D eigenvalue weighted by Gasteiger charge is -2.26. The molecule has 3 N–H and O–H groups in total. The first-order valence-corrected chi connectivity index (χ1v) is 10.8. The Labute approximate surface area is 179 Å². The smallest absolute Gasteiger partial charge is 0.240 e. The van der Waals surface area contributed by atoms with E-state index in [4.69, 9.17) is 4.74 Å². The van der Waals surface area contributed by atoms with Crippen LogP contribution in [0.2, 0.25) is 0 Å². The van der Waals surface area contributed by atoms with Gasteiger partial charge in [-0.1, -0.05) is 6.08 Å². The van der Waals surface area contributed by atoms with E-state index < -0.39 is 0 Å². The summed E-state index contributed by atoms with van der Waals surface area (Å²) in [7, 11) is 1.62. The first-order chi connectivity index (χ1) is 14.3. The van der Waals surface area contributed by atoms with Crippen molar-refractivity contribution in [1.82, 2.24) is 20.9 Å². The molecule has 2 atom stereocenters. The number of hydrogen-bond donors (Lipinski definition) is 3. The van der Waals surface area contributed by atoms with Crippen molar-refractivity contribution in [1.29, 1.82) is 0 Å². The minimum Gasteiger partial charge on any atom is -0.489 e. The van der Waals surface area contributed by atoms with E-state index >= 15 is 0 Å². The summed E-state index contributed by atoms with van der Waals surface area (Å²) >= 11 is 0. The molecule has 0 aromatic carbocycles. The molecule has 1 aliphatic carbocycles. The predicted octanol–water partition coefficient (Wildman–Crippen LogP) is 1.09. The summed E-state index contributed by atoms with van der Waals surface area (Å²) in [4.78, 5) is 38.4. The minimum absolute atomic E-state index is 0.0730. The van der Waals surface area contributed by atoms with Crippen molar-refractivity contribution < 1.29 is 19.1 Å². The first-order valence-electron chi connectivity index (χ1n) is 10.8. The van der Waals surface area contributed by atoms with Crippen molar-refractivity contribution in [3.63, 3.8) is 0 Å². The second-order valence-electron chi connectivity index (χ2n) is 8.22. The van der Waals surface area contributed by atoms with Gasteiger partial charge in [-0.2, -0.15) is 0 Å². The molecule has 2 aliphatic rings. The van der Waals surface area contributed by atoms with E-state index in [0.717, 1.165) is 37.0 Å². The van der Waals surface area contributed by atoms with Crippen LogP contribution < -0.4 is 16.0 Å². The molecule has 1 unspecified atom stereocenters. The number of amides is 3. The van der Waals surface area contributed by atoms with Crippen LogP contribution in [0.15, 0.2) is 23.5 Å². The lowest BCUT2D eigenvalue weighted by atomic mass is 10.1. The Morgan fingerprint density at radius 2 is 1.87 bits per heavy atom. The SMILES string of the molecule is C/C=C\C1=C(/C)CCCNC(=O)CNC(=O)CN(C)C(=O)C(C2CC2)NC[C@@H](C)O1. The summed E-state index contributed by atoms with van der Waals surface area (Å²) in [5.74, 6) is 0.432. The molecular formula is C22H36N4O4. The fraction of sp³-hybridized carbons (Fsp3) is 0.682. The number of hydrogen-bond acceptors (Lipinski definition) is 5. The third-order valence-corrected chi connectivity index (χ3v) is 5.31. The molecule has 0 radical (unpaired) electrons. The topological polar surface area (TPSA) is 99.8 Å². The Hall–Kier alpha value is -2.35. The third kappa shape index (κ3) is 7.82. The Morgan fingerprint density at radius 1 is 1.13 bits per heavy atom. The van der Waals surface area contributed by atoms with Crippen molar-refractivity contribution in [3.8, 4) is 0 Å². The van der Waals surface area contributed by atoms with Crippen LogP contribution in [-0.2, 0) is 19.1 Å². The maximum absolute atomic E-state index is 12.9. The highest BCUT2D eigenvalue weighted by atomic mass is 16.5. The largest absolute Gasteiger partial charge is 0.489 e. The van der Waals surface area contributed by atoms with Crippen molar-refractivity contribution in [2.24, 2.45) is 5.92 Å². The first kappa shape index (κ1) is 23.9. The van der Waals surface area contributed by atoms with E-state index in [-0.39, 0.29) is 43.0 Å². The Kier molecular flexibility index (Phi) is 9.36. The van der Waals surface area contributed by atoms with Crippen LogP contribution in [0.25, 0.3) is 0 Å². The predicted molar refractivity (Wildman–Crippen MR) is 115 cm³/mol. The number of nitrogens with one attached hydrogen (secondary N) is 3. The van der Waals surface area contributed by atoms with Gasteiger partial charge >= 0.3 is 0 Å². The van der Waals surface area contributed by atoms with Crippen LogP contribution in [0.5, 0.6) is 0 Å². The summed E-state index contributed by atoms with van der Waals surface area (Å²) in [6.45, 7) is 6.85. The highest BCUT2D eigenvalue weighted by Crippen LogP contribution is 2.33. The molecule has 168 valence electrons. The minimum atomic E-state index is -0.344. The van der Waals surface area contributed by atoms with Crippen LogP contribution in [0.1, 0.15) is 46.5 Å². The maximum atomic E-state index is 12.9. The number of rotatable bonds is 2. The molecular weight excluding hydrogens is 384 g/mol. The van der Waals surface area contributed by atoms with E-state index in [9.17, 15) is 14.4 Å². The van der Waals surface area contributed by atoms with E-state index in [2.05, 4.69) is 16.0 Å². The third-order valence-electron chi connectivity index (χ3n) is 5.31. The fourth-order valence-electron chi connectivity index (χ4n) is 3.40. The van der Waals surface area contributed by atoms with Gasteiger partial charge in [0.15, 0.2) is 0 Å². The van der Waals surface area contributed by atoms with Crippen LogP contribution >= 0.6 is 0 Å². The number of carbonyl (C=O) groups is 3. The molecule has 8 nitrogen and oxygen atoms in total. The Bertz CT molecular complexity index is 685. The van der Waals surface area contributed by atoms with Gasteiger partial charge in [0.25, 0.3) is 0 Å². The summed E-state index contributed by atoms with van der Waals surface area (Å²) in [5, 5.41) is 8.75. The van der Waals surface area contributed by atoms with Gasteiger partial charge in [0.05, 0.1) is 19.1 Å². The molecule has 1 aliphatic heterocycles. The molecule has 0 aromatic rings.